The molecule has 2 aliphatic heterocycles. The minimum atomic E-state index is -1.28. The predicted octanol–water partition coefficient (Wildman–Crippen LogP) is 0.165. The normalized spacial score (nSPS) is 22.1. The average Bonchev–Trinajstić information content (AvgIpc) is 2.64. The van der Waals surface area contributed by atoms with Crippen molar-refractivity contribution in [1.29, 1.82) is 0 Å². The first kappa shape index (κ1) is 18.2. The predicted molar refractivity (Wildman–Crippen MR) is 92.1 cm³/mol. The Balaban J connectivity index is 1.91. The van der Waals surface area contributed by atoms with E-state index in [0.717, 1.165) is 5.56 Å². The van der Waals surface area contributed by atoms with Crippen LogP contribution in [0.2, 0.25) is 0 Å². The minimum Gasteiger partial charge on any atom is -0.497 e. The second kappa shape index (κ2) is 7.33. The average molecular weight is 361 g/mol. The van der Waals surface area contributed by atoms with E-state index in [9.17, 15) is 14.4 Å². The molecular formula is C18H23N3O5. The third-order valence-corrected chi connectivity index (χ3v) is 4.91. The summed E-state index contributed by atoms with van der Waals surface area (Å²) in [7, 11) is 1.58. The smallest absolute Gasteiger partial charge is 0.304 e. The van der Waals surface area contributed by atoms with Gasteiger partial charge in [0.25, 0.3) is 12.1 Å². The molecule has 0 aliphatic carbocycles. The monoisotopic (exact) mass is 361 g/mol. The standard InChI is InChI=1S/C18H23N3O5/c1-12(22)26-15-16(23)21(11-13-3-5-14(25-2)6-4-13)18(17(24)20-15)7-9-19-10-8-18/h3-6,15,19H,7-11H2,1-2H3,(H,20,24). The van der Waals surface area contributed by atoms with Crippen LogP contribution in [0.5, 0.6) is 5.75 Å². The van der Waals surface area contributed by atoms with Crippen molar-refractivity contribution in [3.8, 4) is 5.75 Å². The van der Waals surface area contributed by atoms with Crippen molar-refractivity contribution < 1.29 is 23.9 Å². The highest BCUT2D eigenvalue weighted by atomic mass is 16.6. The van der Waals surface area contributed by atoms with Gasteiger partial charge in [0.1, 0.15) is 11.3 Å². The number of hydrogen-bond acceptors (Lipinski definition) is 6. The number of ether oxygens (including phenoxy) is 2. The van der Waals surface area contributed by atoms with Crippen LogP contribution < -0.4 is 15.4 Å². The second-order valence-electron chi connectivity index (χ2n) is 6.52. The number of hydrogen-bond donors (Lipinski definition) is 2. The molecule has 2 saturated heterocycles. The van der Waals surface area contributed by atoms with Gasteiger partial charge in [-0.1, -0.05) is 12.1 Å². The van der Waals surface area contributed by atoms with Crippen LogP contribution in [0.1, 0.15) is 25.3 Å². The van der Waals surface area contributed by atoms with Gasteiger partial charge in [0.15, 0.2) is 0 Å². The maximum Gasteiger partial charge on any atom is 0.304 e. The van der Waals surface area contributed by atoms with Gasteiger partial charge in [-0.3, -0.25) is 14.4 Å². The Morgan fingerprint density at radius 2 is 1.88 bits per heavy atom. The summed E-state index contributed by atoms with van der Waals surface area (Å²) in [6.45, 7) is 2.74. The Hall–Kier alpha value is -2.61. The molecule has 0 radical (unpaired) electrons. The Morgan fingerprint density at radius 3 is 2.46 bits per heavy atom. The largest absolute Gasteiger partial charge is 0.497 e. The molecule has 8 heteroatoms. The summed E-state index contributed by atoms with van der Waals surface area (Å²) in [6.07, 6.45) is -0.264. The Morgan fingerprint density at radius 1 is 1.23 bits per heavy atom. The number of amides is 2. The lowest BCUT2D eigenvalue weighted by Crippen LogP contribution is -2.72. The van der Waals surface area contributed by atoms with Crippen molar-refractivity contribution in [2.45, 2.75) is 38.1 Å². The molecule has 2 fully saturated rings. The molecule has 1 aromatic rings. The number of benzene rings is 1. The number of nitrogens with zero attached hydrogens (tertiary/aromatic N) is 1. The molecule has 3 rings (SSSR count). The molecule has 0 saturated carbocycles. The summed E-state index contributed by atoms with van der Waals surface area (Å²) in [6, 6.07) is 7.33. The molecule has 26 heavy (non-hydrogen) atoms. The Labute approximate surface area is 151 Å². The van der Waals surface area contributed by atoms with Crippen molar-refractivity contribution in [2.75, 3.05) is 20.2 Å². The van der Waals surface area contributed by atoms with E-state index in [-0.39, 0.29) is 12.5 Å². The van der Waals surface area contributed by atoms with Gasteiger partial charge < -0.3 is 25.0 Å². The number of nitrogens with one attached hydrogen (secondary N) is 2. The second-order valence-corrected chi connectivity index (χ2v) is 6.52. The molecule has 2 amide bonds. The van der Waals surface area contributed by atoms with Gasteiger partial charge in [-0.25, -0.2) is 0 Å². The fraction of sp³-hybridized carbons (Fsp3) is 0.500. The zero-order valence-electron chi connectivity index (χ0n) is 14.9. The topological polar surface area (TPSA) is 97.0 Å². The van der Waals surface area contributed by atoms with E-state index >= 15 is 0 Å². The SMILES string of the molecule is COc1ccc(CN2C(=O)C(OC(C)=O)NC(=O)C23CCNCC3)cc1. The summed E-state index contributed by atoms with van der Waals surface area (Å²) in [4.78, 5) is 38.7. The van der Waals surface area contributed by atoms with Crippen molar-refractivity contribution in [1.82, 2.24) is 15.5 Å². The summed E-state index contributed by atoms with van der Waals surface area (Å²) in [5, 5.41) is 5.79. The third kappa shape index (κ3) is 3.37. The molecule has 1 aromatic carbocycles. The van der Waals surface area contributed by atoms with Crippen LogP contribution in [0.4, 0.5) is 0 Å². The van der Waals surface area contributed by atoms with Gasteiger partial charge in [0, 0.05) is 13.5 Å². The van der Waals surface area contributed by atoms with Crippen LogP contribution in [0, 0.1) is 0 Å². The van der Waals surface area contributed by atoms with E-state index in [1.807, 2.05) is 24.3 Å². The van der Waals surface area contributed by atoms with E-state index in [4.69, 9.17) is 9.47 Å². The summed E-state index contributed by atoms with van der Waals surface area (Å²) in [5.41, 5.74) is -0.0628. The number of carbonyl (C=O) groups excluding carboxylic acids is 3. The number of methoxy groups -OCH3 is 1. The van der Waals surface area contributed by atoms with E-state index in [0.29, 0.717) is 31.7 Å². The van der Waals surface area contributed by atoms with Crippen molar-refractivity contribution >= 4 is 17.8 Å². The lowest BCUT2D eigenvalue weighted by atomic mass is 9.83. The Bertz CT molecular complexity index is 697. The van der Waals surface area contributed by atoms with Crippen LogP contribution in [0.3, 0.4) is 0 Å². The van der Waals surface area contributed by atoms with Crippen LogP contribution in [-0.4, -0.2) is 54.6 Å². The van der Waals surface area contributed by atoms with E-state index in [2.05, 4.69) is 10.6 Å². The van der Waals surface area contributed by atoms with E-state index in [1.165, 1.54) is 6.92 Å². The first-order chi connectivity index (χ1) is 12.5. The third-order valence-electron chi connectivity index (χ3n) is 4.91. The molecular weight excluding hydrogens is 338 g/mol. The highest BCUT2D eigenvalue weighted by molar-refractivity contribution is 6.00. The summed E-state index contributed by atoms with van der Waals surface area (Å²) in [5.74, 6) is -0.587. The quantitative estimate of drug-likeness (QED) is 0.742. The van der Waals surface area contributed by atoms with Gasteiger partial charge in [-0.05, 0) is 43.6 Å². The lowest BCUT2D eigenvalue weighted by Gasteiger charge is -2.49. The van der Waals surface area contributed by atoms with Crippen molar-refractivity contribution in [2.24, 2.45) is 0 Å². The van der Waals surface area contributed by atoms with Crippen LogP contribution in [0.15, 0.2) is 24.3 Å². The Kier molecular flexibility index (Phi) is 5.13. The van der Waals surface area contributed by atoms with Gasteiger partial charge >= 0.3 is 5.97 Å². The number of esters is 1. The maximum atomic E-state index is 13.0. The van der Waals surface area contributed by atoms with Crippen LogP contribution in [-0.2, 0) is 25.7 Å². The number of piperidine rings is 1. The highest BCUT2D eigenvalue weighted by Gasteiger charge is 2.53. The lowest BCUT2D eigenvalue weighted by molar-refractivity contribution is -0.178. The van der Waals surface area contributed by atoms with Gasteiger partial charge in [-0.2, -0.15) is 0 Å². The zero-order valence-corrected chi connectivity index (χ0v) is 14.9. The molecule has 1 atom stereocenters. The fourth-order valence-corrected chi connectivity index (χ4v) is 3.52. The number of rotatable bonds is 4. The zero-order chi connectivity index (χ0) is 18.7. The van der Waals surface area contributed by atoms with Gasteiger partial charge in [0.2, 0.25) is 5.91 Å². The maximum absolute atomic E-state index is 13.0. The molecule has 1 unspecified atom stereocenters. The minimum absolute atomic E-state index is 0.258. The molecule has 0 aromatic heterocycles. The molecule has 0 bridgehead atoms. The van der Waals surface area contributed by atoms with E-state index < -0.39 is 23.6 Å². The highest BCUT2D eigenvalue weighted by Crippen LogP contribution is 2.32. The van der Waals surface area contributed by atoms with Gasteiger partial charge in [-0.15, -0.1) is 0 Å². The summed E-state index contributed by atoms with van der Waals surface area (Å²) >= 11 is 0. The molecule has 2 aliphatic rings. The molecule has 2 N–H and O–H groups in total. The van der Waals surface area contributed by atoms with Crippen LogP contribution in [0.25, 0.3) is 0 Å². The van der Waals surface area contributed by atoms with Crippen molar-refractivity contribution in [3.63, 3.8) is 0 Å². The van der Waals surface area contributed by atoms with E-state index in [1.54, 1.807) is 12.0 Å². The summed E-state index contributed by atoms with van der Waals surface area (Å²) < 4.78 is 10.2. The first-order valence-electron chi connectivity index (χ1n) is 8.59. The first-order valence-corrected chi connectivity index (χ1v) is 8.59. The number of piperazine rings is 1. The van der Waals surface area contributed by atoms with Crippen molar-refractivity contribution in [3.05, 3.63) is 29.8 Å². The van der Waals surface area contributed by atoms with Gasteiger partial charge in [0.05, 0.1) is 7.11 Å². The molecule has 140 valence electrons. The number of carbonyl (C=O) groups is 3. The molecule has 8 nitrogen and oxygen atoms in total. The molecule has 2 heterocycles. The fourth-order valence-electron chi connectivity index (χ4n) is 3.52. The van der Waals surface area contributed by atoms with Crippen LogP contribution >= 0.6 is 0 Å². The molecule has 1 spiro atoms.